The third-order valence-corrected chi connectivity index (χ3v) is 21.5. The lowest BCUT2D eigenvalue weighted by Crippen LogP contribution is -2.52. The van der Waals surface area contributed by atoms with Crippen molar-refractivity contribution in [3.63, 3.8) is 0 Å². The molecule has 2 unspecified atom stereocenters. The number of fused-ring (bicyclic) bond motifs is 1. The number of ether oxygens (including phenoxy) is 1. The van der Waals surface area contributed by atoms with E-state index in [1.54, 1.807) is 18.3 Å². The molecular formula is C36H56N8O5Si2. The van der Waals surface area contributed by atoms with Crippen LogP contribution in [0.5, 0.6) is 0 Å². The third-order valence-electron chi connectivity index (χ3n) is 12.2. The van der Waals surface area contributed by atoms with E-state index in [9.17, 15) is 9.59 Å². The maximum Gasteiger partial charge on any atom is 0.327 e. The van der Waals surface area contributed by atoms with Crippen molar-refractivity contribution in [1.29, 1.82) is 0 Å². The largest absolute Gasteiger partial charge is 0.408 e. The van der Waals surface area contributed by atoms with Gasteiger partial charge in [0.15, 0.2) is 34.3 Å². The van der Waals surface area contributed by atoms with Crippen LogP contribution in [0.25, 0.3) is 11.2 Å². The number of benzene rings is 1. The van der Waals surface area contributed by atoms with E-state index in [4.69, 9.17) is 19.3 Å². The Morgan fingerprint density at radius 2 is 1.53 bits per heavy atom. The van der Waals surface area contributed by atoms with Gasteiger partial charge in [-0.3, -0.25) is 19.2 Å². The molecule has 0 bridgehead atoms. The number of carbonyl (C=O) groups is 2. The molecule has 15 heteroatoms. The van der Waals surface area contributed by atoms with Crippen LogP contribution in [0.4, 0.5) is 10.6 Å². The van der Waals surface area contributed by atoms with Crippen molar-refractivity contribution in [2.45, 2.75) is 127 Å². The maximum absolute atomic E-state index is 14.2. The summed E-state index contributed by atoms with van der Waals surface area (Å²) < 4.78 is 23.8. The molecule has 3 fully saturated rings. The Kier molecular flexibility index (Phi) is 11.1. The average Bonchev–Trinajstić information content (AvgIpc) is 3.58. The van der Waals surface area contributed by atoms with Gasteiger partial charge in [0.05, 0.1) is 18.4 Å². The van der Waals surface area contributed by atoms with Gasteiger partial charge in [0, 0.05) is 20.1 Å². The van der Waals surface area contributed by atoms with E-state index < -0.39 is 41.1 Å². The second kappa shape index (κ2) is 15.0. The minimum atomic E-state index is -2.18. The predicted octanol–water partition coefficient (Wildman–Crippen LogP) is 5.79. The van der Waals surface area contributed by atoms with E-state index in [0.29, 0.717) is 30.1 Å². The molecule has 0 saturated carbocycles. The summed E-state index contributed by atoms with van der Waals surface area (Å²) in [4.78, 5) is 46.3. The van der Waals surface area contributed by atoms with Crippen molar-refractivity contribution < 1.29 is 23.2 Å². The molecule has 3 aliphatic heterocycles. The third kappa shape index (κ3) is 6.76. The lowest BCUT2D eigenvalue weighted by Gasteiger charge is -2.39. The van der Waals surface area contributed by atoms with Gasteiger partial charge in [-0.05, 0) is 48.8 Å². The van der Waals surface area contributed by atoms with E-state index in [1.807, 2.05) is 41.8 Å². The Balaban J connectivity index is 1.34. The van der Waals surface area contributed by atoms with Crippen molar-refractivity contribution in [3.8, 4) is 0 Å². The van der Waals surface area contributed by atoms with E-state index >= 15 is 0 Å². The van der Waals surface area contributed by atoms with Gasteiger partial charge in [0.25, 0.3) is 0 Å². The fourth-order valence-corrected chi connectivity index (χ4v) is 13.9. The van der Waals surface area contributed by atoms with Crippen LogP contribution < -0.4 is 5.73 Å². The number of rotatable bonds is 15. The molecule has 3 amide bonds. The molecule has 278 valence electrons. The first-order valence-corrected chi connectivity index (χ1v) is 23.9. The van der Waals surface area contributed by atoms with E-state index in [2.05, 4.69) is 61.4 Å². The van der Waals surface area contributed by atoms with Gasteiger partial charge < -0.3 is 24.2 Å². The molecule has 0 radical (unpaired) electrons. The number of nitrogens with zero attached hydrogens (tertiary/aromatic N) is 7. The zero-order chi connectivity index (χ0) is 36.7. The zero-order valence-electron chi connectivity index (χ0n) is 31.5. The van der Waals surface area contributed by atoms with Crippen molar-refractivity contribution in [1.82, 2.24) is 34.2 Å². The zero-order valence-corrected chi connectivity index (χ0v) is 33.5. The summed E-state index contributed by atoms with van der Waals surface area (Å²) in [5.41, 5.74) is 8.27. The van der Waals surface area contributed by atoms with E-state index in [-0.39, 0.29) is 30.1 Å². The van der Waals surface area contributed by atoms with Crippen LogP contribution in [-0.2, 0) is 18.4 Å². The first kappa shape index (κ1) is 37.5. The Hall–Kier alpha value is -3.22. The summed E-state index contributed by atoms with van der Waals surface area (Å²) in [6.45, 7) is 16.4. The molecule has 0 spiro atoms. The molecule has 51 heavy (non-hydrogen) atoms. The highest BCUT2D eigenvalue weighted by molar-refractivity contribution is 6.74. The van der Waals surface area contributed by atoms with Gasteiger partial charge in [-0.2, -0.15) is 0 Å². The number of urea groups is 1. The molecule has 3 aliphatic rings. The van der Waals surface area contributed by atoms with Crippen molar-refractivity contribution in [2.24, 2.45) is 0 Å². The molecular weight excluding hydrogens is 681 g/mol. The molecule has 3 saturated heterocycles. The smallest absolute Gasteiger partial charge is 0.327 e. The van der Waals surface area contributed by atoms with Crippen LogP contribution in [0.2, 0.25) is 36.3 Å². The van der Waals surface area contributed by atoms with Crippen LogP contribution >= 0.6 is 0 Å². The number of imide groups is 1. The van der Waals surface area contributed by atoms with Crippen molar-refractivity contribution >= 4 is 45.6 Å². The normalized spacial score (nSPS) is 28.3. The molecule has 0 aliphatic carbocycles. The summed E-state index contributed by atoms with van der Waals surface area (Å²) in [6, 6.07) is 14.5. The van der Waals surface area contributed by atoms with Gasteiger partial charge in [-0.25, -0.2) is 19.7 Å². The number of nitrogen functional groups attached to an aromatic ring is 1. The minimum Gasteiger partial charge on any atom is -0.408 e. The minimum absolute atomic E-state index is 0.149. The SMILES string of the molecule is CC[Si](CC)(CC)O[C@@H]1[C@H](O[Si](CC)(CC)CC)[C@@H](CN2CC2C(=O)N2C(=O)N(C)[C@@H](C)[C@H]2c2ccccc2)O[C@H]1n1cnc2c(N)ncnc21. The van der Waals surface area contributed by atoms with E-state index in [0.717, 1.165) is 41.8 Å². The summed E-state index contributed by atoms with van der Waals surface area (Å²) in [7, 11) is -2.58. The molecule has 8 atom stereocenters. The summed E-state index contributed by atoms with van der Waals surface area (Å²) in [5.74, 6) is 0.134. The number of aromatic nitrogens is 4. The van der Waals surface area contributed by atoms with Crippen LogP contribution in [0.3, 0.4) is 0 Å². The van der Waals surface area contributed by atoms with Crippen molar-refractivity contribution in [2.75, 3.05) is 25.9 Å². The number of amides is 3. The Labute approximate surface area is 304 Å². The Morgan fingerprint density at radius 1 is 0.922 bits per heavy atom. The first-order valence-electron chi connectivity index (χ1n) is 18.8. The second-order valence-corrected chi connectivity index (χ2v) is 23.9. The van der Waals surface area contributed by atoms with Crippen LogP contribution in [0.1, 0.15) is 66.3 Å². The van der Waals surface area contributed by atoms with Gasteiger partial charge in [-0.1, -0.05) is 71.9 Å². The van der Waals surface area contributed by atoms with Crippen molar-refractivity contribution in [3.05, 3.63) is 48.5 Å². The highest BCUT2D eigenvalue weighted by atomic mass is 28.4. The number of anilines is 1. The highest BCUT2D eigenvalue weighted by Crippen LogP contribution is 2.43. The van der Waals surface area contributed by atoms with Crippen LogP contribution in [-0.4, -0.2) is 113 Å². The monoisotopic (exact) mass is 736 g/mol. The number of carbonyl (C=O) groups excluding carboxylic acids is 2. The number of hydrogen-bond acceptors (Lipinski definition) is 10. The highest BCUT2D eigenvalue weighted by Gasteiger charge is 2.57. The predicted molar refractivity (Wildman–Crippen MR) is 202 cm³/mol. The lowest BCUT2D eigenvalue weighted by molar-refractivity contribution is -0.129. The Bertz CT molecular complexity index is 1670. The summed E-state index contributed by atoms with van der Waals surface area (Å²) in [6.07, 6.45) is 1.41. The standard InChI is InChI=1S/C36H56N8O5Si2/c1-9-50(10-2,11-3)48-30-27(21-42-20-26(42)34(45)44-29(24(7)41(8)36(44)46)25-18-16-15-17-19-25)47-35(31(30)49-51(12-4,13-5)14-6)43-23-40-28-32(37)38-22-39-33(28)43/h15-19,22-24,26-27,29-31,35H,9-14,20-21H2,1-8H3,(H2,37,38,39)/t24-,26?,27+,29-,30+,31+,35+,42?/m0/s1. The van der Waals surface area contributed by atoms with Gasteiger partial charge >= 0.3 is 6.03 Å². The van der Waals surface area contributed by atoms with Gasteiger partial charge in [0.1, 0.15) is 36.2 Å². The van der Waals surface area contributed by atoms with Gasteiger partial charge in [-0.15, -0.1) is 0 Å². The number of hydrogen-bond donors (Lipinski definition) is 1. The molecule has 1 aromatic carbocycles. The summed E-state index contributed by atoms with van der Waals surface area (Å²) >= 11 is 0. The van der Waals surface area contributed by atoms with Crippen LogP contribution in [0.15, 0.2) is 43.0 Å². The molecule has 2 aromatic heterocycles. The molecule has 13 nitrogen and oxygen atoms in total. The maximum atomic E-state index is 14.2. The molecule has 5 heterocycles. The number of likely N-dealkylation sites (N-methyl/N-ethyl adjacent to an activating group) is 1. The van der Waals surface area contributed by atoms with E-state index in [1.165, 1.54) is 11.2 Å². The number of nitrogens with two attached hydrogens (primary N) is 1. The molecule has 2 N–H and O–H groups in total. The quantitative estimate of drug-likeness (QED) is 0.151. The summed E-state index contributed by atoms with van der Waals surface area (Å²) in [5, 5.41) is 0. The lowest BCUT2D eigenvalue weighted by atomic mass is 10.00. The Morgan fingerprint density at radius 3 is 2.14 bits per heavy atom. The number of imidazole rings is 1. The van der Waals surface area contributed by atoms with Crippen LogP contribution in [0, 0.1) is 0 Å². The molecule has 6 rings (SSSR count). The fourth-order valence-electron chi connectivity index (χ4n) is 8.18. The first-order chi connectivity index (χ1) is 24.5. The topological polar surface area (TPSA) is 141 Å². The van der Waals surface area contributed by atoms with Gasteiger partial charge in [0.2, 0.25) is 5.91 Å². The second-order valence-electron chi connectivity index (χ2n) is 14.5. The fraction of sp³-hybridized carbons (Fsp3) is 0.639. The molecule has 3 aromatic rings. The average molecular weight is 737 g/mol.